The highest BCUT2D eigenvalue weighted by molar-refractivity contribution is 4.91. The Labute approximate surface area is 101 Å². The zero-order chi connectivity index (χ0) is 13.3. The van der Waals surface area contributed by atoms with Crippen molar-refractivity contribution in [1.29, 1.82) is 0 Å². The predicted octanol–water partition coefficient (Wildman–Crippen LogP) is -1.03. The monoisotopic (exact) mass is 260 g/mol. The second-order valence-electron chi connectivity index (χ2n) is 4.03. The van der Waals surface area contributed by atoms with E-state index in [2.05, 4.69) is 0 Å². The van der Waals surface area contributed by atoms with E-state index >= 15 is 0 Å². The van der Waals surface area contributed by atoms with Crippen LogP contribution in [0.5, 0.6) is 0 Å². The molecule has 0 radical (unpaired) electrons. The Bertz CT molecular complexity index is 540. The van der Waals surface area contributed by atoms with Crippen molar-refractivity contribution in [2.75, 3.05) is 13.7 Å². The van der Waals surface area contributed by atoms with Crippen LogP contribution in [0.15, 0.2) is 15.8 Å². The van der Waals surface area contributed by atoms with Gasteiger partial charge in [-0.2, -0.15) is 4.39 Å². The standard InChI is InChI=1S/C10H13FN2O5/c1-17-4-7-6(14)2-8(18-7)13-3-5(11)9(15)12-10(13)16/h3,6-8,14H,2,4H2,1H3,(H,12,15,16). The van der Waals surface area contributed by atoms with E-state index < -0.39 is 35.5 Å². The van der Waals surface area contributed by atoms with Crippen LogP contribution in [-0.4, -0.2) is 40.6 Å². The normalized spacial score (nSPS) is 27.6. The van der Waals surface area contributed by atoms with E-state index in [1.165, 1.54) is 7.11 Å². The van der Waals surface area contributed by atoms with Gasteiger partial charge in [0, 0.05) is 13.5 Å². The number of hydrogen-bond donors (Lipinski definition) is 2. The summed E-state index contributed by atoms with van der Waals surface area (Å²) in [6.45, 7) is 0.165. The molecule has 3 atom stereocenters. The van der Waals surface area contributed by atoms with E-state index in [9.17, 15) is 19.1 Å². The van der Waals surface area contributed by atoms with E-state index in [4.69, 9.17) is 9.47 Å². The number of aliphatic hydroxyl groups excluding tert-OH is 1. The van der Waals surface area contributed by atoms with Gasteiger partial charge in [-0.3, -0.25) is 14.3 Å². The van der Waals surface area contributed by atoms with Gasteiger partial charge in [-0.1, -0.05) is 0 Å². The summed E-state index contributed by atoms with van der Waals surface area (Å²) < 4.78 is 24.2. The van der Waals surface area contributed by atoms with Gasteiger partial charge in [-0.15, -0.1) is 0 Å². The minimum absolute atomic E-state index is 0.124. The molecule has 1 fully saturated rings. The van der Waals surface area contributed by atoms with Crippen molar-refractivity contribution in [3.63, 3.8) is 0 Å². The van der Waals surface area contributed by atoms with Gasteiger partial charge >= 0.3 is 5.69 Å². The number of H-pyrrole nitrogens is 1. The van der Waals surface area contributed by atoms with Crippen molar-refractivity contribution in [2.24, 2.45) is 0 Å². The molecule has 0 amide bonds. The molecule has 0 saturated carbocycles. The number of hydrogen-bond acceptors (Lipinski definition) is 5. The van der Waals surface area contributed by atoms with Gasteiger partial charge in [0.1, 0.15) is 12.3 Å². The first-order valence-electron chi connectivity index (χ1n) is 5.36. The fourth-order valence-corrected chi connectivity index (χ4v) is 1.87. The molecule has 2 heterocycles. The van der Waals surface area contributed by atoms with Crippen LogP contribution in [0.3, 0.4) is 0 Å². The van der Waals surface area contributed by atoms with E-state index in [0.717, 1.165) is 10.8 Å². The maximum Gasteiger partial charge on any atom is 0.330 e. The summed E-state index contributed by atoms with van der Waals surface area (Å²) >= 11 is 0. The third-order valence-electron chi connectivity index (χ3n) is 2.77. The number of aromatic amines is 1. The van der Waals surface area contributed by atoms with Gasteiger partial charge in [-0.05, 0) is 0 Å². The molecule has 1 aromatic heterocycles. The molecule has 3 unspecified atom stereocenters. The SMILES string of the molecule is COCC1OC(n2cc(F)c(=O)[nH]c2=O)CC1O. The topological polar surface area (TPSA) is 93.5 Å². The lowest BCUT2D eigenvalue weighted by molar-refractivity contribution is -0.0549. The third kappa shape index (κ3) is 2.35. The van der Waals surface area contributed by atoms with Gasteiger partial charge in [0.15, 0.2) is 0 Å². The minimum Gasteiger partial charge on any atom is -0.390 e. The molecule has 7 nitrogen and oxygen atoms in total. The lowest BCUT2D eigenvalue weighted by Crippen LogP contribution is -2.34. The molecular formula is C10H13FN2O5. The van der Waals surface area contributed by atoms with Crippen LogP contribution in [-0.2, 0) is 9.47 Å². The van der Waals surface area contributed by atoms with E-state index in [0.29, 0.717) is 0 Å². The molecule has 8 heteroatoms. The minimum atomic E-state index is -1.08. The molecule has 0 aromatic carbocycles. The fourth-order valence-electron chi connectivity index (χ4n) is 1.87. The van der Waals surface area contributed by atoms with Crippen LogP contribution in [0.1, 0.15) is 12.6 Å². The molecule has 18 heavy (non-hydrogen) atoms. The number of nitrogens with one attached hydrogen (secondary N) is 1. The Kier molecular flexibility index (Phi) is 3.60. The highest BCUT2D eigenvalue weighted by atomic mass is 19.1. The van der Waals surface area contributed by atoms with Crippen LogP contribution in [0, 0.1) is 5.82 Å². The predicted molar refractivity (Wildman–Crippen MR) is 57.7 cm³/mol. The van der Waals surface area contributed by atoms with Gasteiger partial charge in [0.25, 0.3) is 5.56 Å². The third-order valence-corrected chi connectivity index (χ3v) is 2.77. The Morgan fingerprint density at radius 1 is 1.67 bits per heavy atom. The molecule has 1 aliphatic rings. The van der Waals surface area contributed by atoms with E-state index in [-0.39, 0.29) is 13.0 Å². The van der Waals surface area contributed by atoms with Gasteiger partial charge in [-0.25, -0.2) is 4.79 Å². The molecule has 2 N–H and O–H groups in total. The number of rotatable bonds is 3. The Morgan fingerprint density at radius 3 is 3.06 bits per heavy atom. The molecular weight excluding hydrogens is 247 g/mol. The summed E-state index contributed by atoms with van der Waals surface area (Å²) in [5, 5.41) is 9.68. The number of nitrogens with zero attached hydrogens (tertiary/aromatic N) is 1. The summed E-state index contributed by atoms with van der Waals surface area (Å²) in [7, 11) is 1.45. The molecule has 100 valence electrons. The lowest BCUT2D eigenvalue weighted by Gasteiger charge is -2.15. The van der Waals surface area contributed by atoms with Crippen molar-refractivity contribution in [3.8, 4) is 0 Å². The van der Waals surface area contributed by atoms with E-state index in [1.807, 2.05) is 4.98 Å². The maximum absolute atomic E-state index is 13.1. The van der Waals surface area contributed by atoms with Crippen LogP contribution >= 0.6 is 0 Å². The van der Waals surface area contributed by atoms with Crippen molar-refractivity contribution < 1.29 is 19.0 Å². The summed E-state index contributed by atoms with van der Waals surface area (Å²) in [4.78, 5) is 24.2. The Balaban J connectivity index is 2.26. The summed E-state index contributed by atoms with van der Waals surface area (Å²) in [5.74, 6) is -1.08. The first-order chi connectivity index (χ1) is 8.52. The van der Waals surface area contributed by atoms with Gasteiger partial charge in [0.05, 0.1) is 18.9 Å². The van der Waals surface area contributed by atoms with Crippen molar-refractivity contribution in [3.05, 3.63) is 32.9 Å². The Hall–Kier alpha value is -1.51. The lowest BCUT2D eigenvalue weighted by atomic mass is 10.2. The van der Waals surface area contributed by atoms with Crippen LogP contribution in [0.4, 0.5) is 4.39 Å². The number of methoxy groups -OCH3 is 1. The summed E-state index contributed by atoms with van der Waals surface area (Å²) in [5.41, 5.74) is -1.86. The molecule has 0 spiro atoms. The van der Waals surface area contributed by atoms with Crippen LogP contribution in [0.25, 0.3) is 0 Å². The van der Waals surface area contributed by atoms with Crippen molar-refractivity contribution in [1.82, 2.24) is 9.55 Å². The van der Waals surface area contributed by atoms with E-state index in [1.54, 1.807) is 0 Å². The highest BCUT2D eigenvalue weighted by Gasteiger charge is 2.35. The first kappa shape index (κ1) is 12.9. The molecule has 1 saturated heterocycles. The molecule has 1 aromatic rings. The quantitative estimate of drug-likeness (QED) is 0.725. The summed E-state index contributed by atoms with van der Waals surface area (Å²) in [6.07, 6.45) is -1.31. The molecule has 1 aliphatic heterocycles. The smallest absolute Gasteiger partial charge is 0.330 e. The van der Waals surface area contributed by atoms with Crippen molar-refractivity contribution in [2.45, 2.75) is 24.9 Å². The Morgan fingerprint density at radius 2 is 2.39 bits per heavy atom. The second-order valence-corrected chi connectivity index (χ2v) is 4.03. The highest BCUT2D eigenvalue weighted by Crippen LogP contribution is 2.27. The zero-order valence-corrected chi connectivity index (χ0v) is 9.63. The number of ether oxygens (including phenoxy) is 2. The molecule has 2 rings (SSSR count). The van der Waals surface area contributed by atoms with Gasteiger partial charge < -0.3 is 14.6 Å². The average molecular weight is 260 g/mol. The number of aromatic nitrogens is 2. The first-order valence-corrected chi connectivity index (χ1v) is 5.36. The molecule has 0 aliphatic carbocycles. The average Bonchev–Trinajstić information content (AvgIpc) is 2.66. The maximum atomic E-state index is 13.1. The zero-order valence-electron chi connectivity index (χ0n) is 9.63. The van der Waals surface area contributed by atoms with Gasteiger partial charge in [0.2, 0.25) is 5.82 Å². The molecule has 0 bridgehead atoms. The second kappa shape index (κ2) is 5.01. The van der Waals surface area contributed by atoms with Crippen molar-refractivity contribution >= 4 is 0 Å². The summed E-state index contributed by atoms with van der Waals surface area (Å²) in [6, 6.07) is 0. The number of halogens is 1. The number of aliphatic hydroxyl groups is 1. The largest absolute Gasteiger partial charge is 0.390 e. The fraction of sp³-hybridized carbons (Fsp3) is 0.600. The van der Waals surface area contributed by atoms with Crippen LogP contribution < -0.4 is 11.2 Å². The van der Waals surface area contributed by atoms with Crippen LogP contribution in [0.2, 0.25) is 0 Å².